The van der Waals surface area contributed by atoms with Gasteiger partial charge in [0.1, 0.15) is 12.4 Å². The van der Waals surface area contributed by atoms with Crippen LogP contribution < -0.4 is 14.8 Å². The van der Waals surface area contributed by atoms with Gasteiger partial charge in [-0.2, -0.15) is 13.2 Å². The number of nitrogens with zero attached hydrogens (tertiary/aromatic N) is 3. The second kappa shape index (κ2) is 12.3. The molecule has 0 aliphatic carbocycles. The quantitative estimate of drug-likeness (QED) is 0.252. The van der Waals surface area contributed by atoms with Gasteiger partial charge in [-0.1, -0.05) is 43.2 Å². The fourth-order valence-corrected chi connectivity index (χ4v) is 5.76. The Labute approximate surface area is 249 Å². The number of sulfonamides is 1. The molecule has 8 nitrogen and oxygen atoms in total. The van der Waals surface area contributed by atoms with Crippen LogP contribution in [-0.4, -0.2) is 42.5 Å². The number of anilines is 2. The first-order valence-corrected chi connectivity index (χ1v) is 15.6. The zero-order valence-corrected chi connectivity index (χ0v) is 24.8. The largest absolute Gasteiger partial charge is 0.476 e. The van der Waals surface area contributed by atoms with Crippen molar-refractivity contribution >= 4 is 21.5 Å². The van der Waals surface area contributed by atoms with Crippen molar-refractivity contribution in [2.24, 2.45) is 5.41 Å². The maximum absolute atomic E-state index is 13.4. The van der Waals surface area contributed by atoms with E-state index in [1.165, 1.54) is 22.9 Å². The van der Waals surface area contributed by atoms with Crippen LogP contribution in [0.15, 0.2) is 77.8 Å². The highest BCUT2D eigenvalue weighted by atomic mass is 32.2. The summed E-state index contributed by atoms with van der Waals surface area (Å²) in [4.78, 5) is 4.85. The summed E-state index contributed by atoms with van der Waals surface area (Å²) < 4.78 is 76.2. The maximum Gasteiger partial charge on any atom is 0.397 e. The molecule has 0 radical (unpaired) electrons. The molecular weight excluding hydrogens is 579 g/mol. The van der Waals surface area contributed by atoms with Crippen molar-refractivity contribution in [1.82, 2.24) is 14.8 Å². The fourth-order valence-electron chi connectivity index (χ4n) is 4.71. The lowest BCUT2D eigenvalue weighted by Gasteiger charge is -2.26. The SMILES string of the molecule is CC(C)(COc1ccn(-c2ccc3nc2-c2ccccc2CCCCCCNc2cccc(c2)S(=O)(=O)N3)n1)C(F)(F)F. The van der Waals surface area contributed by atoms with Crippen LogP contribution in [0.5, 0.6) is 5.88 Å². The van der Waals surface area contributed by atoms with E-state index in [0.717, 1.165) is 69.3 Å². The highest BCUT2D eigenvalue weighted by Gasteiger charge is 2.48. The zero-order valence-electron chi connectivity index (χ0n) is 24.0. The minimum absolute atomic E-state index is 0.0281. The van der Waals surface area contributed by atoms with Crippen molar-refractivity contribution in [2.75, 3.05) is 23.2 Å². The average Bonchev–Trinajstić information content (AvgIpc) is 3.44. The van der Waals surface area contributed by atoms with Crippen LogP contribution in [0.25, 0.3) is 16.9 Å². The van der Waals surface area contributed by atoms with Gasteiger partial charge in [0.05, 0.1) is 21.7 Å². The molecule has 228 valence electrons. The first kappa shape index (κ1) is 30.4. The summed E-state index contributed by atoms with van der Waals surface area (Å²) in [5, 5.41) is 7.68. The Morgan fingerprint density at radius 2 is 1.74 bits per heavy atom. The molecule has 0 saturated heterocycles. The number of ether oxygens (including phenoxy) is 1. The van der Waals surface area contributed by atoms with Crippen molar-refractivity contribution in [2.45, 2.75) is 57.0 Å². The average molecular weight is 614 g/mol. The van der Waals surface area contributed by atoms with Crippen LogP contribution in [0.4, 0.5) is 24.7 Å². The minimum Gasteiger partial charge on any atom is -0.476 e. The number of aromatic nitrogens is 3. The second-order valence-corrected chi connectivity index (χ2v) is 12.9. The highest BCUT2D eigenvalue weighted by molar-refractivity contribution is 7.92. The molecule has 2 aromatic heterocycles. The summed E-state index contributed by atoms with van der Waals surface area (Å²) in [5.41, 5.74) is 1.50. The number of rotatable bonds is 4. The number of benzene rings is 2. The smallest absolute Gasteiger partial charge is 0.397 e. The summed E-state index contributed by atoms with van der Waals surface area (Å²) in [7, 11) is -3.96. The highest BCUT2D eigenvalue weighted by Crippen LogP contribution is 2.38. The van der Waals surface area contributed by atoms with Crippen molar-refractivity contribution in [3.8, 4) is 22.8 Å². The molecule has 2 aromatic carbocycles. The lowest BCUT2D eigenvalue weighted by Crippen LogP contribution is -2.37. The van der Waals surface area contributed by atoms with Gasteiger partial charge >= 0.3 is 6.18 Å². The summed E-state index contributed by atoms with van der Waals surface area (Å²) in [6.45, 7) is 2.28. The third kappa shape index (κ3) is 7.12. The molecule has 1 aliphatic rings. The number of hydrogen-bond donors (Lipinski definition) is 2. The molecule has 0 saturated carbocycles. The Balaban J connectivity index is 1.54. The second-order valence-electron chi connectivity index (χ2n) is 11.2. The molecule has 4 aromatic rings. The monoisotopic (exact) mass is 613 g/mol. The summed E-state index contributed by atoms with van der Waals surface area (Å²) >= 11 is 0. The molecule has 0 spiro atoms. The standard InChI is InChI=1S/C31H34F3N5O3S/c1-30(2,31(32,33)34)21-42-28-17-19-39(37-28)26-15-16-27-36-29(26)25-14-7-6-11-22(25)10-5-3-4-8-18-35-23-12-9-13-24(20-23)43(40,41)38-27/h6-7,9,11-17,19-20,35H,3-5,8,10,18,21H2,1-2H3,(H,36,38). The number of fused-ring (bicyclic) bond motifs is 6. The topological polar surface area (TPSA) is 98.1 Å². The van der Waals surface area contributed by atoms with Gasteiger partial charge < -0.3 is 10.1 Å². The van der Waals surface area contributed by atoms with Crippen LogP contribution in [-0.2, 0) is 16.4 Å². The van der Waals surface area contributed by atoms with E-state index >= 15 is 0 Å². The number of alkyl halides is 3. The van der Waals surface area contributed by atoms with Crippen molar-refractivity contribution in [1.29, 1.82) is 0 Å². The first-order chi connectivity index (χ1) is 20.4. The number of aryl methyl sites for hydroxylation is 1. The number of nitrogens with one attached hydrogen (secondary N) is 2. The summed E-state index contributed by atoms with van der Waals surface area (Å²) in [6.07, 6.45) is 1.90. The van der Waals surface area contributed by atoms with Gasteiger partial charge in [-0.15, -0.1) is 5.10 Å². The van der Waals surface area contributed by atoms with Crippen LogP contribution in [0.1, 0.15) is 45.1 Å². The Hall–Kier alpha value is -4.06. The third-order valence-electron chi connectivity index (χ3n) is 7.39. The van der Waals surface area contributed by atoms with E-state index in [2.05, 4.69) is 15.1 Å². The van der Waals surface area contributed by atoms with Gasteiger partial charge in [0.25, 0.3) is 10.0 Å². The lowest BCUT2D eigenvalue weighted by molar-refractivity contribution is -0.219. The molecule has 1 aliphatic heterocycles. The summed E-state index contributed by atoms with van der Waals surface area (Å²) in [5.74, 6) is 0.146. The molecule has 43 heavy (non-hydrogen) atoms. The molecule has 2 N–H and O–H groups in total. The van der Waals surface area contributed by atoms with E-state index in [1.807, 2.05) is 30.3 Å². The molecule has 12 heteroatoms. The number of halogens is 3. The number of hydrogen-bond acceptors (Lipinski definition) is 6. The molecule has 4 bridgehead atoms. The van der Waals surface area contributed by atoms with Gasteiger partial charge in [-0.05, 0) is 69.0 Å². The molecule has 3 heterocycles. The Morgan fingerprint density at radius 3 is 2.56 bits per heavy atom. The van der Waals surface area contributed by atoms with E-state index in [-0.39, 0.29) is 16.6 Å². The third-order valence-corrected chi connectivity index (χ3v) is 8.74. The normalized spacial score (nSPS) is 15.8. The van der Waals surface area contributed by atoms with Crippen LogP contribution >= 0.6 is 0 Å². The van der Waals surface area contributed by atoms with Gasteiger partial charge in [-0.3, -0.25) is 4.72 Å². The van der Waals surface area contributed by atoms with Crippen LogP contribution in [0, 0.1) is 5.41 Å². The Bertz CT molecular complexity index is 1690. The first-order valence-electron chi connectivity index (χ1n) is 14.1. The van der Waals surface area contributed by atoms with Crippen molar-refractivity contribution in [3.63, 3.8) is 0 Å². The summed E-state index contributed by atoms with van der Waals surface area (Å²) in [6, 6.07) is 19.1. The van der Waals surface area contributed by atoms with E-state index in [1.54, 1.807) is 24.4 Å². The Morgan fingerprint density at radius 1 is 0.953 bits per heavy atom. The van der Waals surface area contributed by atoms with Gasteiger partial charge in [0, 0.05) is 30.1 Å². The number of pyridine rings is 1. The Kier molecular flexibility index (Phi) is 8.68. The van der Waals surface area contributed by atoms with E-state index in [4.69, 9.17) is 9.72 Å². The lowest BCUT2D eigenvalue weighted by atomic mass is 9.94. The van der Waals surface area contributed by atoms with E-state index in [0.29, 0.717) is 11.4 Å². The van der Waals surface area contributed by atoms with Gasteiger partial charge in [0.2, 0.25) is 5.88 Å². The minimum atomic E-state index is -4.44. The van der Waals surface area contributed by atoms with Gasteiger partial charge in [0.15, 0.2) is 0 Å². The molecular formula is C31H34F3N5O3S. The van der Waals surface area contributed by atoms with E-state index < -0.39 is 28.2 Å². The molecule has 0 fully saturated rings. The van der Waals surface area contributed by atoms with Crippen molar-refractivity contribution < 1.29 is 26.3 Å². The van der Waals surface area contributed by atoms with E-state index in [9.17, 15) is 21.6 Å². The predicted octanol–water partition coefficient (Wildman–Crippen LogP) is 7.23. The van der Waals surface area contributed by atoms with Gasteiger partial charge in [-0.25, -0.2) is 18.1 Å². The molecule has 0 amide bonds. The van der Waals surface area contributed by atoms with Crippen molar-refractivity contribution in [3.05, 3.63) is 78.5 Å². The predicted molar refractivity (Wildman–Crippen MR) is 160 cm³/mol. The van der Waals surface area contributed by atoms with Crippen LogP contribution in [0.2, 0.25) is 0 Å². The molecule has 5 rings (SSSR count). The fraction of sp³-hybridized carbons (Fsp3) is 0.355. The molecule has 0 unspecified atom stereocenters. The molecule has 0 atom stereocenters. The zero-order chi connectivity index (χ0) is 30.7. The maximum atomic E-state index is 13.4. The van der Waals surface area contributed by atoms with Crippen LogP contribution in [0.3, 0.4) is 0 Å².